The second kappa shape index (κ2) is 4.34. The predicted octanol–water partition coefficient (Wildman–Crippen LogP) is 3.44. The first-order chi connectivity index (χ1) is 7.57. The Labute approximate surface area is 98.3 Å². The summed E-state index contributed by atoms with van der Waals surface area (Å²) in [5.41, 5.74) is 2.47. The van der Waals surface area contributed by atoms with Crippen LogP contribution in [-0.4, -0.2) is 18.5 Å². The Morgan fingerprint density at radius 1 is 1.62 bits per heavy atom. The van der Waals surface area contributed by atoms with E-state index in [1.165, 1.54) is 11.1 Å². The van der Waals surface area contributed by atoms with Gasteiger partial charge in [-0.25, -0.2) is 0 Å². The Kier molecular flexibility index (Phi) is 3.22. The largest absolute Gasteiger partial charge is 0.343 e. The lowest BCUT2D eigenvalue weighted by Gasteiger charge is -2.36. The summed E-state index contributed by atoms with van der Waals surface area (Å²) in [6.07, 6.45) is 5.54. The van der Waals surface area contributed by atoms with Crippen LogP contribution in [0.4, 0.5) is 0 Å². The summed E-state index contributed by atoms with van der Waals surface area (Å²) in [6, 6.07) is 0. The van der Waals surface area contributed by atoms with E-state index in [1.54, 1.807) is 0 Å². The van der Waals surface area contributed by atoms with Crippen LogP contribution < -0.4 is 0 Å². The Morgan fingerprint density at radius 2 is 2.38 bits per heavy atom. The summed E-state index contributed by atoms with van der Waals surface area (Å²) in [6.45, 7) is 11.1. The average molecular weight is 222 g/mol. The van der Waals surface area contributed by atoms with Gasteiger partial charge in [-0.2, -0.15) is 0 Å². The van der Waals surface area contributed by atoms with Crippen LogP contribution in [0.3, 0.4) is 0 Å². The molecule has 2 nitrogen and oxygen atoms in total. The lowest BCUT2D eigenvalue weighted by atomic mass is 9.82. The maximum absolute atomic E-state index is 6.10. The summed E-state index contributed by atoms with van der Waals surface area (Å²) in [5.74, 6) is 0.0574. The van der Waals surface area contributed by atoms with Crippen molar-refractivity contribution in [3.05, 3.63) is 23.8 Å². The van der Waals surface area contributed by atoms with Gasteiger partial charge in [0.25, 0.3) is 0 Å². The molecule has 3 atom stereocenters. The molecule has 0 amide bonds. The molecule has 0 aromatic heterocycles. The van der Waals surface area contributed by atoms with Crippen LogP contribution >= 0.6 is 0 Å². The van der Waals surface area contributed by atoms with Gasteiger partial charge in [-0.1, -0.05) is 25.2 Å². The summed E-state index contributed by atoms with van der Waals surface area (Å²) in [4.78, 5) is 0. The SMILES string of the molecule is C=C(C)[C@@H]1CC=C(C)C2(C1)OCC(CC)O2. The normalized spacial score (nSPS) is 38.8. The monoisotopic (exact) mass is 222 g/mol. The fraction of sp³-hybridized carbons (Fsp3) is 0.714. The van der Waals surface area contributed by atoms with Gasteiger partial charge < -0.3 is 9.47 Å². The van der Waals surface area contributed by atoms with Crippen molar-refractivity contribution in [2.24, 2.45) is 5.92 Å². The van der Waals surface area contributed by atoms with Crippen LogP contribution in [0.5, 0.6) is 0 Å². The van der Waals surface area contributed by atoms with Crippen LogP contribution in [0.2, 0.25) is 0 Å². The molecule has 16 heavy (non-hydrogen) atoms. The summed E-state index contributed by atoms with van der Waals surface area (Å²) < 4.78 is 12.0. The molecule has 1 aliphatic carbocycles. The molecule has 2 rings (SSSR count). The number of hydrogen-bond donors (Lipinski definition) is 0. The van der Waals surface area contributed by atoms with Crippen LogP contribution in [0.25, 0.3) is 0 Å². The van der Waals surface area contributed by atoms with E-state index >= 15 is 0 Å². The number of hydrogen-bond acceptors (Lipinski definition) is 2. The molecule has 0 aromatic carbocycles. The zero-order valence-corrected chi connectivity index (χ0v) is 10.6. The van der Waals surface area contributed by atoms with Gasteiger partial charge in [0.15, 0.2) is 5.79 Å². The Hall–Kier alpha value is -0.600. The summed E-state index contributed by atoms with van der Waals surface area (Å²) in [5, 5.41) is 0. The van der Waals surface area contributed by atoms with Gasteiger partial charge in [0.1, 0.15) is 0 Å². The Balaban J connectivity index is 2.17. The molecule has 2 unspecified atom stereocenters. The topological polar surface area (TPSA) is 18.5 Å². The molecule has 0 saturated carbocycles. The second-order valence-corrected chi connectivity index (χ2v) is 5.08. The standard InChI is InChI=1S/C14H22O2/c1-5-13-9-15-14(16-13)8-12(10(2)3)7-6-11(14)4/h6,12-13H,2,5,7-9H2,1,3-4H3/t12-,13?,14?/m1/s1. The van der Waals surface area contributed by atoms with Crippen molar-refractivity contribution in [1.29, 1.82) is 0 Å². The van der Waals surface area contributed by atoms with Gasteiger partial charge in [0.2, 0.25) is 0 Å². The molecule has 1 fully saturated rings. The smallest absolute Gasteiger partial charge is 0.191 e. The van der Waals surface area contributed by atoms with Crippen molar-refractivity contribution in [3.63, 3.8) is 0 Å². The summed E-state index contributed by atoms with van der Waals surface area (Å²) >= 11 is 0. The quantitative estimate of drug-likeness (QED) is 0.666. The lowest BCUT2D eigenvalue weighted by Crippen LogP contribution is -2.37. The highest BCUT2D eigenvalue weighted by molar-refractivity contribution is 5.20. The maximum atomic E-state index is 6.10. The average Bonchev–Trinajstić information content (AvgIpc) is 2.67. The number of rotatable bonds is 2. The molecule has 2 heteroatoms. The van der Waals surface area contributed by atoms with Crippen LogP contribution in [0, 0.1) is 5.92 Å². The van der Waals surface area contributed by atoms with E-state index in [9.17, 15) is 0 Å². The number of allylic oxidation sites excluding steroid dienone is 2. The minimum atomic E-state index is -0.442. The van der Waals surface area contributed by atoms with Gasteiger partial charge in [0.05, 0.1) is 12.7 Å². The van der Waals surface area contributed by atoms with E-state index in [0.717, 1.165) is 25.9 Å². The molecule has 90 valence electrons. The minimum Gasteiger partial charge on any atom is -0.343 e. The third-order valence-electron chi connectivity index (χ3n) is 3.84. The molecule has 1 saturated heterocycles. The molecular weight excluding hydrogens is 200 g/mol. The molecule has 0 N–H and O–H groups in total. The predicted molar refractivity (Wildman–Crippen MR) is 65.1 cm³/mol. The first kappa shape index (κ1) is 11.9. The fourth-order valence-electron chi connectivity index (χ4n) is 2.50. The van der Waals surface area contributed by atoms with E-state index in [0.29, 0.717) is 5.92 Å². The molecule has 0 bridgehead atoms. The number of ether oxygens (including phenoxy) is 2. The zero-order valence-electron chi connectivity index (χ0n) is 10.6. The van der Waals surface area contributed by atoms with Gasteiger partial charge in [-0.05, 0) is 38.2 Å². The van der Waals surface area contributed by atoms with Crippen LogP contribution in [0.15, 0.2) is 23.8 Å². The van der Waals surface area contributed by atoms with E-state index in [2.05, 4.69) is 33.4 Å². The third kappa shape index (κ3) is 1.96. The van der Waals surface area contributed by atoms with Crippen molar-refractivity contribution < 1.29 is 9.47 Å². The Bertz CT molecular complexity index is 319. The highest BCUT2D eigenvalue weighted by Crippen LogP contribution is 2.43. The van der Waals surface area contributed by atoms with Crippen molar-refractivity contribution in [1.82, 2.24) is 0 Å². The molecule has 1 spiro atoms. The van der Waals surface area contributed by atoms with Crippen LogP contribution in [-0.2, 0) is 9.47 Å². The first-order valence-electron chi connectivity index (χ1n) is 6.22. The minimum absolute atomic E-state index is 0.257. The highest BCUT2D eigenvalue weighted by atomic mass is 16.7. The van der Waals surface area contributed by atoms with E-state index in [1.807, 2.05) is 0 Å². The zero-order chi connectivity index (χ0) is 11.8. The summed E-state index contributed by atoms with van der Waals surface area (Å²) in [7, 11) is 0. The highest BCUT2D eigenvalue weighted by Gasteiger charge is 2.45. The van der Waals surface area contributed by atoms with Crippen molar-refractivity contribution in [2.45, 2.75) is 51.9 Å². The van der Waals surface area contributed by atoms with Crippen molar-refractivity contribution in [3.8, 4) is 0 Å². The van der Waals surface area contributed by atoms with E-state index < -0.39 is 5.79 Å². The molecule has 1 aliphatic heterocycles. The molecule has 0 radical (unpaired) electrons. The second-order valence-electron chi connectivity index (χ2n) is 5.08. The molecular formula is C14H22O2. The fourth-order valence-corrected chi connectivity index (χ4v) is 2.50. The third-order valence-corrected chi connectivity index (χ3v) is 3.84. The molecule has 1 heterocycles. The van der Waals surface area contributed by atoms with E-state index in [-0.39, 0.29) is 6.10 Å². The van der Waals surface area contributed by atoms with Gasteiger partial charge in [-0.15, -0.1) is 0 Å². The maximum Gasteiger partial charge on any atom is 0.191 e. The molecule has 0 aromatic rings. The van der Waals surface area contributed by atoms with E-state index in [4.69, 9.17) is 9.47 Å². The van der Waals surface area contributed by atoms with Crippen LogP contribution in [0.1, 0.15) is 40.0 Å². The van der Waals surface area contributed by atoms with Crippen molar-refractivity contribution >= 4 is 0 Å². The Morgan fingerprint density at radius 3 is 2.94 bits per heavy atom. The van der Waals surface area contributed by atoms with Crippen molar-refractivity contribution in [2.75, 3.05) is 6.61 Å². The first-order valence-corrected chi connectivity index (χ1v) is 6.22. The molecule has 2 aliphatic rings. The van der Waals surface area contributed by atoms with Gasteiger partial charge in [0, 0.05) is 6.42 Å². The van der Waals surface area contributed by atoms with Gasteiger partial charge >= 0.3 is 0 Å². The van der Waals surface area contributed by atoms with Gasteiger partial charge in [-0.3, -0.25) is 0 Å². The lowest BCUT2D eigenvalue weighted by molar-refractivity contribution is -0.152.